The van der Waals surface area contributed by atoms with Crippen molar-refractivity contribution in [3.8, 4) is 0 Å². The number of aryl methyl sites for hydroxylation is 2. The molecule has 1 atom stereocenters. The fraction of sp³-hybridized carbons (Fsp3) is 0.417. The molecule has 0 spiro atoms. The normalized spacial score (nSPS) is 11.8. The first kappa shape index (κ1) is 24.2. The molecule has 0 saturated carbocycles. The van der Waals surface area contributed by atoms with Crippen LogP contribution in [-0.4, -0.2) is 29.3 Å². The van der Waals surface area contributed by atoms with Gasteiger partial charge in [0.1, 0.15) is 6.04 Å². The monoisotopic (exact) mass is 448 g/mol. The Hall–Kier alpha value is -2.04. The predicted molar refractivity (Wildman–Crippen MR) is 124 cm³/mol. The van der Waals surface area contributed by atoms with Gasteiger partial charge < -0.3 is 10.2 Å². The number of hydrogen-bond donors (Lipinski definition) is 1. The van der Waals surface area contributed by atoms with Gasteiger partial charge in [0.2, 0.25) is 11.8 Å². The smallest absolute Gasteiger partial charge is 0.242 e. The second-order valence-electron chi connectivity index (χ2n) is 7.56. The Morgan fingerprint density at radius 1 is 1.10 bits per heavy atom. The average Bonchev–Trinajstić information content (AvgIpc) is 2.72. The van der Waals surface area contributed by atoms with Gasteiger partial charge in [-0.15, -0.1) is 0 Å². The molecule has 2 aromatic rings. The van der Waals surface area contributed by atoms with E-state index in [4.69, 9.17) is 23.2 Å². The predicted octanol–water partition coefficient (Wildman–Crippen LogP) is 5.57. The quantitative estimate of drug-likeness (QED) is 0.483. The molecule has 4 nitrogen and oxygen atoms in total. The van der Waals surface area contributed by atoms with Crippen molar-refractivity contribution >= 4 is 35.0 Å². The average molecular weight is 449 g/mol. The van der Waals surface area contributed by atoms with Gasteiger partial charge in [0.15, 0.2) is 0 Å². The second kappa shape index (κ2) is 12.0. The summed E-state index contributed by atoms with van der Waals surface area (Å²) >= 11 is 12.3. The van der Waals surface area contributed by atoms with Crippen LogP contribution in [-0.2, 0) is 22.6 Å². The van der Waals surface area contributed by atoms with Crippen molar-refractivity contribution in [2.75, 3.05) is 6.54 Å². The Morgan fingerprint density at radius 2 is 1.80 bits per heavy atom. The molecule has 0 saturated heterocycles. The van der Waals surface area contributed by atoms with E-state index in [1.54, 1.807) is 30.0 Å². The summed E-state index contributed by atoms with van der Waals surface area (Å²) in [6.07, 6.45) is 2.84. The van der Waals surface area contributed by atoms with Crippen LogP contribution in [0.1, 0.15) is 49.8 Å². The summed E-state index contributed by atoms with van der Waals surface area (Å²) in [7, 11) is 0. The van der Waals surface area contributed by atoms with Crippen LogP contribution in [0.15, 0.2) is 42.5 Å². The molecule has 0 aromatic heterocycles. The zero-order valence-electron chi connectivity index (χ0n) is 17.9. The molecule has 6 heteroatoms. The van der Waals surface area contributed by atoms with Crippen molar-refractivity contribution in [2.45, 2.75) is 59.0 Å². The van der Waals surface area contributed by atoms with Crippen molar-refractivity contribution in [3.63, 3.8) is 0 Å². The van der Waals surface area contributed by atoms with Gasteiger partial charge >= 0.3 is 0 Å². The van der Waals surface area contributed by atoms with Crippen LogP contribution < -0.4 is 5.32 Å². The molecule has 0 aliphatic heterocycles. The Kier molecular flexibility index (Phi) is 9.67. The first-order valence-electron chi connectivity index (χ1n) is 10.4. The van der Waals surface area contributed by atoms with Crippen LogP contribution in [0.2, 0.25) is 10.0 Å². The molecule has 0 aliphatic rings. The molecule has 0 fully saturated rings. The van der Waals surface area contributed by atoms with Gasteiger partial charge in [0.05, 0.1) is 0 Å². The van der Waals surface area contributed by atoms with Gasteiger partial charge in [-0.3, -0.25) is 9.59 Å². The Bertz CT molecular complexity index is 853. The summed E-state index contributed by atoms with van der Waals surface area (Å²) in [5.41, 5.74) is 3.04. The van der Waals surface area contributed by atoms with E-state index in [9.17, 15) is 9.59 Å². The zero-order chi connectivity index (χ0) is 22.1. The van der Waals surface area contributed by atoms with E-state index in [-0.39, 0.29) is 18.4 Å². The highest BCUT2D eigenvalue weighted by atomic mass is 35.5. The molecular weight excluding hydrogens is 419 g/mol. The van der Waals surface area contributed by atoms with E-state index < -0.39 is 6.04 Å². The van der Waals surface area contributed by atoms with E-state index in [0.717, 1.165) is 24.0 Å². The number of carbonyl (C=O) groups excluding carboxylic acids is 2. The third-order valence-corrected chi connectivity index (χ3v) is 5.69. The van der Waals surface area contributed by atoms with E-state index in [1.165, 1.54) is 5.56 Å². The van der Waals surface area contributed by atoms with Crippen molar-refractivity contribution < 1.29 is 9.59 Å². The first-order chi connectivity index (χ1) is 14.3. The number of rotatable bonds is 10. The summed E-state index contributed by atoms with van der Waals surface area (Å²) in [6, 6.07) is 12.7. The van der Waals surface area contributed by atoms with Gasteiger partial charge in [-0.05, 0) is 49.9 Å². The van der Waals surface area contributed by atoms with Crippen molar-refractivity contribution in [2.24, 2.45) is 0 Å². The third-order valence-electron chi connectivity index (χ3n) is 5.10. The van der Waals surface area contributed by atoms with Crippen LogP contribution in [0.25, 0.3) is 0 Å². The van der Waals surface area contributed by atoms with Gasteiger partial charge in [0, 0.05) is 29.6 Å². The number of halogens is 2. The molecule has 0 bridgehead atoms. The van der Waals surface area contributed by atoms with E-state index in [0.29, 0.717) is 29.4 Å². The molecule has 2 amide bonds. The molecule has 0 heterocycles. The summed E-state index contributed by atoms with van der Waals surface area (Å²) in [5, 5.41) is 3.94. The van der Waals surface area contributed by atoms with Gasteiger partial charge in [-0.2, -0.15) is 0 Å². The van der Waals surface area contributed by atoms with Crippen molar-refractivity contribution in [1.29, 1.82) is 0 Å². The lowest BCUT2D eigenvalue weighted by Gasteiger charge is -2.29. The molecule has 1 N–H and O–H groups in total. The molecular formula is C24H30Cl2N2O2. The van der Waals surface area contributed by atoms with E-state index in [1.807, 2.05) is 31.2 Å². The van der Waals surface area contributed by atoms with E-state index >= 15 is 0 Å². The summed E-state index contributed by atoms with van der Waals surface area (Å²) in [4.78, 5) is 27.4. The lowest BCUT2D eigenvalue weighted by atomic mass is 10.1. The number of nitrogens with zero attached hydrogens (tertiary/aromatic N) is 1. The summed E-state index contributed by atoms with van der Waals surface area (Å²) < 4.78 is 0. The number of amides is 2. The molecule has 2 rings (SSSR count). The van der Waals surface area contributed by atoms with Crippen molar-refractivity contribution in [3.05, 3.63) is 69.2 Å². The lowest BCUT2D eigenvalue weighted by Crippen LogP contribution is -2.47. The molecule has 2 aromatic carbocycles. The number of nitrogens with one attached hydrogen (secondary N) is 1. The van der Waals surface area contributed by atoms with Gasteiger partial charge in [-0.25, -0.2) is 0 Å². The number of hydrogen-bond acceptors (Lipinski definition) is 2. The van der Waals surface area contributed by atoms with Crippen LogP contribution in [0, 0.1) is 6.92 Å². The molecule has 0 aliphatic carbocycles. The maximum Gasteiger partial charge on any atom is 0.242 e. The Morgan fingerprint density at radius 3 is 2.43 bits per heavy atom. The highest BCUT2D eigenvalue weighted by molar-refractivity contribution is 6.35. The van der Waals surface area contributed by atoms with Crippen LogP contribution >= 0.6 is 23.2 Å². The molecule has 162 valence electrons. The fourth-order valence-electron chi connectivity index (χ4n) is 3.10. The highest BCUT2D eigenvalue weighted by Gasteiger charge is 2.26. The number of unbranched alkanes of at least 4 members (excludes halogenated alkanes) is 1. The van der Waals surface area contributed by atoms with Crippen LogP contribution in [0.3, 0.4) is 0 Å². The molecule has 30 heavy (non-hydrogen) atoms. The van der Waals surface area contributed by atoms with Gasteiger partial charge in [0.25, 0.3) is 0 Å². The third kappa shape index (κ3) is 7.33. The molecule has 0 unspecified atom stereocenters. The zero-order valence-corrected chi connectivity index (χ0v) is 19.4. The minimum Gasteiger partial charge on any atom is -0.354 e. The van der Waals surface area contributed by atoms with E-state index in [2.05, 4.69) is 12.2 Å². The van der Waals surface area contributed by atoms with Crippen LogP contribution in [0.4, 0.5) is 0 Å². The highest BCUT2D eigenvalue weighted by Crippen LogP contribution is 2.23. The standard InChI is InChI=1S/C24H30Cl2N2O2/c1-4-5-14-27-24(30)18(3)28(16-20-11-12-21(25)15-22(20)26)23(29)13-10-19-8-6-17(2)7-9-19/h6-9,11-12,15,18H,4-5,10,13-14,16H2,1-3H3,(H,27,30)/t18-/m1/s1. The maximum absolute atomic E-state index is 13.1. The topological polar surface area (TPSA) is 49.4 Å². The largest absolute Gasteiger partial charge is 0.354 e. The van der Waals surface area contributed by atoms with Crippen molar-refractivity contribution in [1.82, 2.24) is 10.2 Å². The molecule has 0 radical (unpaired) electrons. The van der Waals surface area contributed by atoms with Crippen LogP contribution in [0.5, 0.6) is 0 Å². The van der Waals surface area contributed by atoms with Gasteiger partial charge in [-0.1, -0.05) is 72.4 Å². The SMILES string of the molecule is CCCCNC(=O)[C@@H](C)N(Cc1ccc(Cl)cc1Cl)C(=O)CCc1ccc(C)cc1. The minimum absolute atomic E-state index is 0.0836. The minimum atomic E-state index is -0.598. The number of carbonyl (C=O) groups is 2. The Labute approximate surface area is 189 Å². The summed E-state index contributed by atoms with van der Waals surface area (Å²) in [6.45, 7) is 6.72. The maximum atomic E-state index is 13.1. The second-order valence-corrected chi connectivity index (χ2v) is 8.41. The summed E-state index contributed by atoms with van der Waals surface area (Å²) in [5.74, 6) is -0.239. The first-order valence-corrected chi connectivity index (χ1v) is 11.1. The fourth-order valence-corrected chi connectivity index (χ4v) is 3.57. The number of benzene rings is 2. The Balaban J connectivity index is 2.14. The lowest BCUT2D eigenvalue weighted by molar-refractivity contribution is -0.140.